The molecule has 0 spiro atoms. The molecule has 1 heterocycles. The van der Waals surface area contributed by atoms with Gasteiger partial charge in [-0.3, -0.25) is 10.2 Å². The lowest BCUT2D eigenvalue weighted by atomic mass is 10.2. The molecule has 0 aromatic carbocycles. The van der Waals surface area contributed by atoms with E-state index >= 15 is 0 Å². The van der Waals surface area contributed by atoms with E-state index < -0.39 is 21.8 Å². The first kappa shape index (κ1) is 14.4. The molecule has 6 nitrogen and oxygen atoms in total. The highest BCUT2D eigenvalue weighted by molar-refractivity contribution is 7.89. The van der Waals surface area contributed by atoms with Gasteiger partial charge in [0.05, 0.1) is 11.7 Å². The third-order valence-electron chi connectivity index (χ3n) is 3.01. The summed E-state index contributed by atoms with van der Waals surface area (Å²) in [5, 5.41) is 0. The lowest BCUT2D eigenvalue weighted by Crippen LogP contribution is -2.41. The van der Waals surface area contributed by atoms with Crippen LogP contribution in [0.2, 0.25) is 0 Å². The van der Waals surface area contributed by atoms with Crippen molar-refractivity contribution >= 4 is 15.9 Å². The summed E-state index contributed by atoms with van der Waals surface area (Å²) in [7, 11) is -3.34. The van der Waals surface area contributed by atoms with E-state index in [2.05, 4.69) is 0 Å². The van der Waals surface area contributed by atoms with E-state index in [9.17, 15) is 13.2 Å². The second-order valence-electron chi connectivity index (χ2n) is 4.50. The molecule has 1 saturated heterocycles. The normalized spacial score (nSPS) is 20.6. The van der Waals surface area contributed by atoms with Gasteiger partial charge in [0.25, 0.3) is 0 Å². The van der Waals surface area contributed by atoms with Gasteiger partial charge in [-0.2, -0.15) is 0 Å². The second kappa shape index (κ2) is 6.32. The third kappa shape index (κ3) is 4.25. The molecule has 0 radical (unpaired) electrons. The summed E-state index contributed by atoms with van der Waals surface area (Å²) in [6.45, 7) is 2.70. The molecule has 0 aliphatic carbocycles. The monoisotopic (exact) mass is 263 g/mol. The molecular formula is C10H21N3O3S. The second-order valence-corrected chi connectivity index (χ2v) is 6.52. The van der Waals surface area contributed by atoms with Crippen LogP contribution in [0.1, 0.15) is 32.6 Å². The number of nitrogens with zero attached hydrogens (tertiary/aromatic N) is 1. The molecule has 1 rings (SSSR count). The van der Waals surface area contributed by atoms with Crippen molar-refractivity contribution in [2.75, 3.05) is 18.8 Å². The number of amides is 1. The van der Waals surface area contributed by atoms with E-state index in [1.807, 2.05) is 5.43 Å². The molecular weight excluding hydrogens is 242 g/mol. The molecule has 1 aliphatic rings. The van der Waals surface area contributed by atoms with Crippen LogP contribution in [0.3, 0.4) is 0 Å². The molecule has 1 amide bonds. The topological polar surface area (TPSA) is 92.5 Å². The number of nitrogens with one attached hydrogen (secondary N) is 1. The average molecular weight is 263 g/mol. The predicted octanol–water partition coefficient (Wildman–Crippen LogP) is -0.182. The van der Waals surface area contributed by atoms with E-state index in [0.29, 0.717) is 13.1 Å². The fourth-order valence-corrected chi connectivity index (χ4v) is 3.77. The van der Waals surface area contributed by atoms with Gasteiger partial charge in [-0.1, -0.05) is 19.8 Å². The van der Waals surface area contributed by atoms with Gasteiger partial charge in [-0.25, -0.2) is 18.6 Å². The third-order valence-corrected chi connectivity index (χ3v) is 5.08. The summed E-state index contributed by atoms with van der Waals surface area (Å²) in [5.74, 6) is 3.76. The first-order valence-corrected chi connectivity index (χ1v) is 7.56. The van der Waals surface area contributed by atoms with Gasteiger partial charge in [-0.15, -0.1) is 0 Å². The molecule has 0 aromatic heterocycles. The molecule has 1 aliphatic heterocycles. The Morgan fingerprint density at radius 1 is 1.29 bits per heavy atom. The molecule has 0 aromatic rings. The predicted molar refractivity (Wildman–Crippen MR) is 65.3 cm³/mol. The summed E-state index contributed by atoms with van der Waals surface area (Å²) in [6, 6.07) is 0. The molecule has 1 fully saturated rings. The SMILES string of the molecule is CC(CS(=O)(=O)N1CCCCCC1)C(=O)NN. The maximum Gasteiger partial charge on any atom is 0.237 e. The zero-order valence-corrected chi connectivity index (χ0v) is 11.0. The summed E-state index contributed by atoms with van der Waals surface area (Å²) in [4.78, 5) is 11.2. The van der Waals surface area contributed by atoms with Gasteiger partial charge in [0.15, 0.2) is 0 Å². The van der Waals surface area contributed by atoms with Gasteiger partial charge < -0.3 is 0 Å². The van der Waals surface area contributed by atoms with E-state index in [1.54, 1.807) is 6.92 Å². The van der Waals surface area contributed by atoms with Crippen molar-refractivity contribution in [2.24, 2.45) is 11.8 Å². The Bertz CT molecular complexity index is 348. The largest absolute Gasteiger partial charge is 0.294 e. The van der Waals surface area contributed by atoms with Crippen LogP contribution in [0, 0.1) is 5.92 Å². The first-order valence-electron chi connectivity index (χ1n) is 5.95. The van der Waals surface area contributed by atoms with Crippen molar-refractivity contribution in [1.82, 2.24) is 9.73 Å². The van der Waals surface area contributed by atoms with Crippen molar-refractivity contribution in [3.8, 4) is 0 Å². The molecule has 7 heteroatoms. The van der Waals surface area contributed by atoms with Crippen LogP contribution >= 0.6 is 0 Å². The molecule has 3 N–H and O–H groups in total. The number of sulfonamides is 1. The zero-order valence-electron chi connectivity index (χ0n) is 10.2. The smallest absolute Gasteiger partial charge is 0.237 e. The Hall–Kier alpha value is -0.660. The number of carbonyl (C=O) groups is 1. The zero-order chi connectivity index (χ0) is 12.9. The highest BCUT2D eigenvalue weighted by atomic mass is 32.2. The number of hydrogen-bond acceptors (Lipinski definition) is 4. The number of carbonyl (C=O) groups excluding carboxylic acids is 1. The summed E-state index contributed by atoms with van der Waals surface area (Å²) >= 11 is 0. The average Bonchev–Trinajstić information content (AvgIpc) is 2.56. The lowest BCUT2D eigenvalue weighted by molar-refractivity contribution is -0.123. The van der Waals surface area contributed by atoms with Gasteiger partial charge in [-0.05, 0) is 12.8 Å². The Kier molecular flexibility index (Phi) is 5.35. The minimum Gasteiger partial charge on any atom is -0.294 e. The number of hydrazine groups is 1. The lowest BCUT2D eigenvalue weighted by Gasteiger charge is -2.21. The molecule has 0 bridgehead atoms. The van der Waals surface area contributed by atoms with Crippen molar-refractivity contribution in [1.29, 1.82) is 0 Å². The minimum atomic E-state index is -3.34. The van der Waals surface area contributed by atoms with Crippen molar-refractivity contribution in [2.45, 2.75) is 32.6 Å². The highest BCUT2D eigenvalue weighted by Gasteiger charge is 2.27. The molecule has 1 unspecified atom stereocenters. The van der Waals surface area contributed by atoms with Gasteiger partial charge in [0.2, 0.25) is 15.9 Å². The van der Waals surface area contributed by atoms with Crippen LogP contribution in [0.15, 0.2) is 0 Å². The number of rotatable bonds is 4. The molecule has 100 valence electrons. The fourth-order valence-electron chi connectivity index (χ4n) is 1.96. The van der Waals surface area contributed by atoms with Crippen molar-refractivity contribution in [3.63, 3.8) is 0 Å². The van der Waals surface area contributed by atoms with Crippen LogP contribution in [0.5, 0.6) is 0 Å². The summed E-state index contributed by atoms with van der Waals surface area (Å²) in [6.07, 6.45) is 3.95. The Balaban J connectivity index is 2.63. The van der Waals surface area contributed by atoms with Crippen LogP contribution in [0.4, 0.5) is 0 Å². The maximum absolute atomic E-state index is 12.1. The van der Waals surface area contributed by atoms with E-state index in [-0.39, 0.29) is 5.75 Å². The Morgan fingerprint density at radius 2 is 1.82 bits per heavy atom. The highest BCUT2D eigenvalue weighted by Crippen LogP contribution is 2.15. The van der Waals surface area contributed by atoms with Crippen molar-refractivity contribution in [3.05, 3.63) is 0 Å². The quantitative estimate of drug-likeness (QED) is 0.418. The van der Waals surface area contributed by atoms with E-state index in [4.69, 9.17) is 5.84 Å². The van der Waals surface area contributed by atoms with E-state index in [1.165, 1.54) is 4.31 Å². The summed E-state index contributed by atoms with van der Waals surface area (Å²) in [5.41, 5.74) is 1.98. The Morgan fingerprint density at radius 3 is 2.29 bits per heavy atom. The molecule has 17 heavy (non-hydrogen) atoms. The number of hydrogen-bond donors (Lipinski definition) is 2. The van der Waals surface area contributed by atoms with Gasteiger partial charge >= 0.3 is 0 Å². The van der Waals surface area contributed by atoms with Gasteiger partial charge in [0, 0.05) is 13.1 Å². The van der Waals surface area contributed by atoms with Crippen LogP contribution < -0.4 is 11.3 Å². The van der Waals surface area contributed by atoms with Crippen LogP contribution in [-0.2, 0) is 14.8 Å². The van der Waals surface area contributed by atoms with E-state index in [0.717, 1.165) is 25.7 Å². The van der Waals surface area contributed by atoms with Gasteiger partial charge in [0.1, 0.15) is 0 Å². The summed E-state index contributed by atoms with van der Waals surface area (Å²) < 4.78 is 25.6. The fraction of sp³-hybridized carbons (Fsp3) is 0.900. The standard InChI is InChI=1S/C10H21N3O3S/c1-9(10(14)12-11)8-17(15,16)13-6-4-2-3-5-7-13/h9H,2-8,11H2,1H3,(H,12,14). The minimum absolute atomic E-state index is 0.171. The van der Waals surface area contributed by atoms with Crippen molar-refractivity contribution < 1.29 is 13.2 Å². The maximum atomic E-state index is 12.1. The van der Waals surface area contributed by atoms with Crippen LogP contribution in [-0.4, -0.2) is 37.5 Å². The number of nitrogens with two attached hydrogens (primary N) is 1. The first-order chi connectivity index (χ1) is 7.97. The molecule has 1 atom stereocenters. The Labute approximate surface area is 103 Å². The molecule has 0 saturated carbocycles. The van der Waals surface area contributed by atoms with Crippen LogP contribution in [0.25, 0.3) is 0 Å².